The Morgan fingerprint density at radius 2 is 2.30 bits per heavy atom. The number of ether oxygens (including phenoxy) is 1. The van der Waals surface area contributed by atoms with Crippen molar-refractivity contribution in [1.82, 2.24) is 9.29 Å². The molecule has 0 amide bonds. The highest BCUT2D eigenvalue weighted by Gasteiger charge is 2.31. The first kappa shape index (κ1) is 15.0. The summed E-state index contributed by atoms with van der Waals surface area (Å²) in [5.41, 5.74) is -0.280. The van der Waals surface area contributed by atoms with Crippen molar-refractivity contribution < 1.29 is 23.1 Å². The Labute approximate surface area is 117 Å². The minimum absolute atomic E-state index is 0.0417. The Balaban J connectivity index is 2.14. The van der Waals surface area contributed by atoms with Gasteiger partial charge in [-0.1, -0.05) is 6.92 Å². The summed E-state index contributed by atoms with van der Waals surface area (Å²) in [5.74, 6) is -1.16. The van der Waals surface area contributed by atoms with Crippen LogP contribution in [0.2, 0.25) is 0 Å². The van der Waals surface area contributed by atoms with Crippen LogP contribution in [0.25, 0.3) is 0 Å². The highest BCUT2D eigenvalue weighted by Crippen LogP contribution is 2.27. The molecule has 0 saturated carbocycles. The van der Waals surface area contributed by atoms with Crippen LogP contribution in [-0.2, 0) is 21.8 Å². The highest BCUT2D eigenvalue weighted by molar-refractivity contribution is 7.89. The van der Waals surface area contributed by atoms with E-state index in [2.05, 4.69) is 4.72 Å². The molecular weight excluding hydrogens is 284 g/mol. The summed E-state index contributed by atoms with van der Waals surface area (Å²) in [4.78, 5) is 10.9. The van der Waals surface area contributed by atoms with Gasteiger partial charge in [0, 0.05) is 31.8 Å². The number of hydrogen-bond acceptors (Lipinski definition) is 4. The van der Waals surface area contributed by atoms with Gasteiger partial charge in [-0.2, -0.15) is 0 Å². The van der Waals surface area contributed by atoms with Crippen LogP contribution in [0.1, 0.15) is 23.8 Å². The van der Waals surface area contributed by atoms with Gasteiger partial charge in [0.15, 0.2) is 0 Å². The monoisotopic (exact) mass is 302 g/mol. The quantitative estimate of drug-likeness (QED) is 0.822. The number of hydrogen-bond donors (Lipinski definition) is 2. The summed E-state index contributed by atoms with van der Waals surface area (Å²) in [6.07, 6.45) is 2.09. The molecule has 1 unspecified atom stereocenters. The number of nitrogens with zero attached hydrogens (tertiary/aromatic N) is 1. The minimum Gasteiger partial charge on any atom is -0.477 e. The maximum atomic E-state index is 12.2. The largest absolute Gasteiger partial charge is 0.477 e. The van der Waals surface area contributed by atoms with Crippen LogP contribution < -0.4 is 4.72 Å². The second-order valence-corrected chi connectivity index (χ2v) is 7.18. The average Bonchev–Trinajstić information content (AvgIpc) is 2.94. The Morgan fingerprint density at radius 1 is 1.60 bits per heavy atom. The SMILES string of the molecule is Cn1cc(S(=O)(=O)NCC2(C)CCOC2)cc1C(=O)O. The van der Waals surface area contributed by atoms with Gasteiger partial charge in [0.2, 0.25) is 10.0 Å². The van der Waals surface area contributed by atoms with Crippen molar-refractivity contribution in [2.45, 2.75) is 18.2 Å². The molecule has 112 valence electrons. The first-order valence-electron chi connectivity index (χ1n) is 6.21. The van der Waals surface area contributed by atoms with E-state index in [0.29, 0.717) is 13.2 Å². The molecule has 1 aliphatic rings. The lowest BCUT2D eigenvalue weighted by molar-refractivity contribution is 0.0686. The van der Waals surface area contributed by atoms with Crippen molar-refractivity contribution in [1.29, 1.82) is 0 Å². The summed E-state index contributed by atoms with van der Waals surface area (Å²) < 4.78 is 33.4. The molecule has 1 aromatic heterocycles. The molecule has 0 bridgehead atoms. The van der Waals surface area contributed by atoms with Crippen LogP contribution in [0, 0.1) is 5.41 Å². The van der Waals surface area contributed by atoms with Crippen molar-refractivity contribution in [2.24, 2.45) is 12.5 Å². The number of carboxylic acids is 1. The van der Waals surface area contributed by atoms with Gasteiger partial charge in [0.25, 0.3) is 0 Å². The molecule has 7 nitrogen and oxygen atoms in total. The molecule has 8 heteroatoms. The van der Waals surface area contributed by atoms with E-state index in [9.17, 15) is 13.2 Å². The third kappa shape index (κ3) is 3.02. The maximum absolute atomic E-state index is 12.2. The highest BCUT2D eigenvalue weighted by atomic mass is 32.2. The zero-order valence-electron chi connectivity index (χ0n) is 11.4. The van der Waals surface area contributed by atoms with Crippen molar-refractivity contribution in [2.75, 3.05) is 19.8 Å². The number of aromatic carboxylic acids is 1. The number of rotatable bonds is 5. The molecule has 0 aliphatic carbocycles. The lowest BCUT2D eigenvalue weighted by Crippen LogP contribution is -2.35. The summed E-state index contributed by atoms with van der Waals surface area (Å²) in [7, 11) is -2.22. The lowest BCUT2D eigenvalue weighted by Gasteiger charge is -2.21. The molecule has 0 spiro atoms. The summed E-state index contributed by atoms with van der Waals surface area (Å²) >= 11 is 0. The van der Waals surface area contributed by atoms with E-state index in [1.165, 1.54) is 17.8 Å². The van der Waals surface area contributed by atoms with Gasteiger partial charge in [-0.05, 0) is 12.5 Å². The molecule has 2 rings (SSSR count). The van der Waals surface area contributed by atoms with Gasteiger partial charge in [-0.15, -0.1) is 0 Å². The van der Waals surface area contributed by atoms with Crippen LogP contribution in [0.4, 0.5) is 0 Å². The lowest BCUT2D eigenvalue weighted by atomic mass is 9.91. The number of nitrogens with one attached hydrogen (secondary N) is 1. The van der Waals surface area contributed by atoms with E-state index in [0.717, 1.165) is 12.5 Å². The van der Waals surface area contributed by atoms with Crippen LogP contribution in [0.5, 0.6) is 0 Å². The van der Waals surface area contributed by atoms with E-state index in [-0.39, 0.29) is 22.5 Å². The second kappa shape index (κ2) is 5.19. The van der Waals surface area contributed by atoms with Gasteiger partial charge in [-0.25, -0.2) is 17.9 Å². The van der Waals surface area contributed by atoms with Crippen molar-refractivity contribution in [3.63, 3.8) is 0 Å². The van der Waals surface area contributed by atoms with Crippen molar-refractivity contribution in [3.05, 3.63) is 18.0 Å². The minimum atomic E-state index is -3.71. The number of sulfonamides is 1. The van der Waals surface area contributed by atoms with Crippen molar-refractivity contribution in [3.8, 4) is 0 Å². The van der Waals surface area contributed by atoms with Gasteiger partial charge in [0.05, 0.1) is 6.61 Å². The van der Waals surface area contributed by atoms with Crippen LogP contribution in [0.3, 0.4) is 0 Å². The van der Waals surface area contributed by atoms with E-state index < -0.39 is 16.0 Å². The summed E-state index contributed by atoms with van der Waals surface area (Å²) in [5, 5.41) is 8.94. The Bertz CT molecular complexity index is 614. The molecule has 1 saturated heterocycles. The number of aromatic nitrogens is 1. The number of aryl methyl sites for hydroxylation is 1. The molecule has 1 fully saturated rings. The van der Waals surface area contributed by atoms with Crippen molar-refractivity contribution >= 4 is 16.0 Å². The van der Waals surface area contributed by atoms with Gasteiger partial charge < -0.3 is 14.4 Å². The molecule has 2 N–H and O–H groups in total. The molecule has 1 atom stereocenters. The number of carboxylic acid groups (broad SMARTS) is 1. The fraction of sp³-hybridized carbons (Fsp3) is 0.583. The molecule has 20 heavy (non-hydrogen) atoms. The Morgan fingerprint density at radius 3 is 2.80 bits per heavy atom. The third-order valence-corrected chi connectivity index (χ3v) is 4.87. The summed E-state index contributed by atoms with van der Waals surface area (Å²) in [6, 6.07) is 1.15. The van der Waals surface area contributed by atoms with Crippen LogP contribution in [-0.4, -0.2) is 43.8 Å². The number of carbonyl (C=O) groups is 1. The molecule has 1 aromatic rings. The van der Waals surface area contributed by atoms with Gasteiger partial charge >= 0.3 is 5.97 Å². The average molecular weight is 302 g/mol. The fourth-order valence-electron chi connectivity index (χ4n) is 2.10. The van der Waals surface area contributed by atoms with Gasteiger partial charge in [-0.3, -0.25) is 0 Å². The van der Waals surface area contributed by atoms with E-state index in [4.69, 9.17) is 9.84 Å². The Hall–Kier alpha value is -1.38. The zero-order valence-corrected chi connectivity index (χ0v) is 12.2. The molecule has 1 aliphatic heterocycles. The normalized spacial score (nSPS) is 23.1. The standard InChI is InChI=1S/C12H18N2O5S/c1-12(3-4-19-8-12)7-13-20(17,18)9-5-10(11(15)16)14(2)6-9/h5-6,13H,3-4,7-8H2,1-2H3,(H,15,16). The molecule has 2 heterocycles. The Kier molecular flexibility index (Phi) is 3.90. The first-order valence-corrected chi connectivity index (χ1v) is 7.69. The third-order valence-electron chi connectivity index (χ3n) is 3.50. The van der Waals surface area contributed by atoms with E-state index in [1.54, 1.807) is 0 Å². The van der Waals surface area contributed by atoms with E-state index in [1.807, 2.05) is 6.92 Å². The molecule has 0 aromatic carbocycles. The molecule has 0 radical (unpaired) electrons. The predicted molar refractivity (Wildman–Crippen MR) is 71.1 cm³/mol. The summed E-state index contributed by atoms with van der Waals surface area (Å²) in [6.45, 7) is 3.38. The smallest absolute Gasteiger partial charge is 0.352 e. The van der Waals surface area contributed by atoms with E-state index >= 15 is 0 Å². The zero-order chi connectivity index (χ0) is 15.0. The van der Waals surface area contributed by atoms with Gasteiger partial charge in [0.1, 0.15) is 10.6 Å². The predicted octanol–water partition coefficient (Wildman–Crippen LogP) is 0.428. The topological polar surface area (TPSA) is 97.6 Å². The van der Waals surface area contributed by atoms with Crippen LogP contribution >= 0.6 is 0 Å². The maximum Gasteiger partial charge on any atom is 0.352 e. The first-order chi connectivity index (χ1) is 9.23. The second-order valence-electron chi connectivity index (χ2n) is 5.41. The molecular formula is C12H18N2O5S. The van der Waals surface area contributed by atoms with Crippen LogP contribution in [0.15, 0.2) is 17.2 Å². The fourth-order valence-corrected chi connectivity index (χ4v) is 3.36.